The molecule has 0 aromatic rings. The largest absolute Gasteiger partial charge is 0.467 e. The Hall–Kier alpha value is -1.33. The first kappa shape index (κ1) is 15.7. The average Bonchev–Trinajstić information content (AvgIpc) is 2.20. The number of alkyl halides is 1. The summed E-state index contributed by atoms with van der Waals surface area (Å²) in [6.07, 6.45) is -1.83. The Bertz CT molecular complexity index is 263. The van der Waals surface area contributed by atoms with Gasteiger partial charge in [0.2, 0.25) is 0 Å². The van der Waals surface area contributed by atoms with E-state index in [1.807, 2.05) is 0 Å². The number of halogens is 1. The number of hydrogen-bond acceptors (Lipinski definition) is 4. The summed E-state index contributed by atoms with van der Waals surface area (Å²) in [5.74, 6) is -0.887. The van der Waals surface area contributed by atoms with Crippen LogP contribution in [0.15, 0.2) is 0 Å². The number of ether oxygens (including phenoxy) is 2. The molecule has 5 nitrogen and oxygen atoms in total. The predicted octanol–water partition coefficient (Wildman–Crippen LogP) is 1.80. The lowest BCUT2D eigenvalue weighted by Crippen LogP contribution is -2.33. The lowest BCUT2D eigenvalue weighted by Gasteiger charge is -2.19. The van der Waals surface area contributed by atoms with Crippen LogP contribution in [0.1, 0.15) is 33.6 Å². The van der Waals surface area contributed by atoms with E-state index in [1.165, 1.54) is 0 Å². The van der Waals surface area contributed by atoms with Gasteiger partial charge in [-0.2, -0.15) is 0 Å². The molecule has 1 N–H and O–H groups in total. The van der Waals surface area contributed by atoms with Gasteiger partial charge in [0.1, 0.15) is 5.60 Å². The zero-order valence-electron chi connectivity index (χ0n) is 10.7. The molecule has 1 unspecified atom stereocenters. The van der Waals surface area contributed by atoms with Crippen molar-refractivity contribution < 1.29 is 23.5 Å². The summed E-state index contributed by atoms with van der Waals surface area (Å²) in [6.45, 7) is 5.51. The van der Waals surface area contributed by atoms with Gasteiger partial charge in [0.05, 0.1) is 7.11 Å². The van der Waals surface area contributed by atoms with Gasteiger partial charge in [0.25, 0.3) is 0 Å². The SMILES string of the molecule is COC(=O)C(F)CCCNC(=O)OC(C)(C)C. The molecule has 0 radical (unpaired) electrons. The van der Waals surface area contributed by atoms with Gasteiger partial charge in [0.15, 0.2) is 6.17 Å². The molecule has 6 heteroatoms. The van der Waals surface area contributed by atoms with E-state index in [4.69, 9.17) is 4.74 Å². The molecule has 0 aromatic heterocycles. The second-order valence-corrected chi connectivity index (χ2v) is 4.56. The molecule has 0 bridgehead atoms. The van der Waals surface area contributed by atoms with Gasteiger partial charge in [-0.05, 0) is 33.6 Å². The molecular formula is C11H20FNO4. The Labute approximate surface area is 101 Å². The van der Waals surface area contributed by atoms with Gasteiger partial charge < -0.3 is 14.8 Å². The lowest BCUT2D eigenvalue weighted by atomic mass is 10.2. The van der Waals surface area contributed by atoms with Gasteiger partial charge in [-0.1, -0.05) is 0 Å². The second-order valence-electron chi connectivity index (χ2n) is 4.56. The predicted molar refractivity (Wildman–Crippen MR) is 60.4 cm³/mol. The van der Waals surface area contributed by atoms with Crippen molar-refractivity contribution in [2.45, 2.75) is 45.4 Å². The third-order valence-electron chi connectivity index (χ3n) is 1.76. The fourth-order valence-corrected chi connectivity index (χ4v) is 1.03. The maximum Gasteiger partial charge on any atom is 0.407 e. The van der Waals surface area contributed by atoms with Gasteiger partial charge in [-0.3, -0.25) is 0 Å². The van der Waals surface area contributed by atoms with Crippen molar-refractivity contribution in [1.82, 2.24) is 5.32 Å². The third-order valence-corrected chi connectivity index (χ3v) is 1.76. The van der Waals surface area contributed by atoms with Crippen molar-refractivity contribution in [2.24, 2.45) is 0 Å². The van der Waals surface area contributed by atoms with Crippen LogP contribution in [0, 0.1) is 0 Å². The molecule has 0 saturated heterocycles. The first-order valence-electron chi connectivity index (χ1n) is 5.45. The summed E-state index contributed by atoms with van der Waals surface area (Å²) >= 11 is 0. The highest BCUT2D eigenvalue weighted by molar-refractivity contribution is 5.74. The monoisotopic (exact) mass is 249 g/mol. The summed E-state index contributed by atoms with van der Waals surface area (Å²) in [5.41, 5.74) is -0.557. The number of alkyl carbamates (subject to hydrolysis) is 1. The number of rotatable bonds is 5. The summed E-state index contributed by atoms with van der Waals surface area (Å²) in [6, 6.07) is 0. The van der Waals surface area contributed by atoms with Gasteiger partial charge in [-0.25, -0.2) is 14.0 Å². The van der Waals surface area contributed by atoms with Gasteiger partial charge in [0, 0.05) is 6.54 Å². The highest BCUT2D eigenvalue weighted by Gasteiger charge is 2.18. The van der Waals surface area contributed by atoms with Crippen molar-refractivity contribution in [1.29, 1.82) is 0 Å². The molecule has 0 aromatic carbocycles. The number of amides is 1. The summed E-state index contributed by atoms with van der Waals surface area (Å²) in [5, 5.41) is 2.47. The zero-order chi connectivity index (χ0) is 13.5. The van der Waals surface area contributed by atoms with Crippen LogP contribution in [0.3, 0.4) is 0 Å². The molecule has 0 heterocycles. The molecule has 0 fully saturated rings. The number of nitrogens with one attached hydrogen (secondary N) is 1. The Balaban J connectivity index is 3.65. The van der Waals surface area contributed by atoms with E-state index in [0.717, 1.165) is 7.11 Å². The minimum atomic E-state index is -1.64. The van der Waals surface area contributed by atoms with Crippen molar-refractivity contribution >= 4 is 12.1 Å². The topological polar surface area (TPSA) is 64.6 Å². The number of methoxy groups -OCH3 is 1. The quantitative estimate of drug-likeness (QED) is 0.596. The maximum atomic E-state index is 13.0. The highest BCUT2D eigenvalue weighted by Crippen LogP contribution is 2.07. The molecule has 0 rings (SSSR count). The van der Waals surface area contributed by atoms with E-state index in [0.29, 0.717) is 6.42 Å². The lowest BCUT2D eigenvalue weighted by molar-refractivity contribution is -0.146. The third kappa shape index (κ3) is 8.47. The second kappa shape index (κ2) is 7.09. The van der Waals surface area contributed by atoms with Crippen molar-refractivity contribution in [2.75, 3.05) is 13.7 Å². The first-order chi connectivity index (χ1) is 7.76. The van der Waals surface area contributed by atoms with Crippen LogP contribution >= 0.6 is 0 Å². The minimum Gasteiger partial charge on any atom is -0.467 e. The van der Waals surface area contributed by atoms with Gasteiger partial charge in [-0.15, -0.1) is 0 Å². The van der Waals surface area contributed by atoms with Crippen LogP contribution in [0.4, 0.5) is 9.18 Å². The molecule has 0 aliphatic rings. The Kier molecular flexibility index (Phi) is 6.53. The van der Waals surface area contributed by atoms with Crippen molar-refractivity contribution in [3.63, 3.8) is 0 Å². The normalized spacial score (nSPS) is 12.8. The summed E-state index contributed by atoms with van der Waals surface area (Å²) in [7, 11) is 1.13. The number of esters is 1. The first-order valence-corrected chi connectivity index (χ1v) is 5.45. The standard InChI is InChI=1S/C11H20FNO4/c1-11(2,3)17-10(15)13-7-5-6-8(12)9(14)16-4/h8H,5-7H2,1-4H3,(H,13,15). The Morgan fingerprint density at radius 2 is 1.94 bits per heavy atom. The molecule has 1 amide bonds. The molecule has 0 aliphatic carbocycles. The van der Waals surface area contributed by atoms with Crippen LogP contribution in [-0.2, 0) is 14.3 Å². The van der Waals surface area contributed by atoms with E-state index in [9.17, 15) is 14.0 Å². The molecule has 0 saturated carbocycles. The molecule has 0 aliphatic heterocycles. The summed E-state index contributed by atoms with van der Waals surface area (Å²) in [4.78, 5) is 21.9. The summed E-state index contributed by atoms with van der Waals surface area (Å²) < 4.78 is 22.2. The molecule has 17 heavy (non-hydrogen) atoms. The average molecular weight is 249 g/mol. The van der Waals surface area contributed by atoms with Crippen LogP contribution < -0.4 is 5.32 Å². The fourth-order valence-electron chi connectivity index (χ4n) is 1.03. The molecular weight excluding hydrogens is 229 g/mol. The molecule has 0 spiro atoms. The zero-order valence-corrected chi connectivity index (χ0v) is 10.7. The minimum absolute atomic E-state index is 0.0163. The fraction of sp³-hybridized carbons (Fsp3) is 0.818. The molecule has 100 valence electrons. The van der Waals surface area contributed by atoms with E-state index >= 15 is 0 Å². The molecule has 1 atom stereocenters. The van der Waals surface area contributed by atoms with E-state index < -0.39 is 23.8 Å². The van der Waals surface area contributed by atoms with Crippen LogP contribution in [-0.4, -0.2) is 37.5 Å². The van der Waals surface area contributed by atoms with E-state index in [1.54, 1.807) is 20.8 Å². The smallest absolute Gasteiger partial charge is 0.407 e. The Morgan fingerprint density at radius 1 is 1.35 bits per heavy atom. The number of carbonyl (C=O) groups excluding carboxylic acids is 2. The van der Waals surface area contributed by atoms with Gasteiger partial charge >= 0.3 is 12.1 Å². The van der Waals surface area contributed by atoms with E-state index in [2.05, 4.69) is 10.1 Å². The van der Waals surface area contributed by atoms with E-state index in [-0.39, 0.29) is 13.0 Å². The van der Waals surface area contributed by atoms with Crippen LogP contribution in [0.5, 0.6) is 0 Å². The van der Waals surface area contributed by atoms with Crippen LogP contribution in [0.2, 0.25) is 0 Å². The highest BCUT2D eigenvalue weighted by atomic mass is 19.1. The van der Waals surface area contributed by atoms with Crippen molar-refractivity contribution in [3.8, 4) is 0 Å². The number of hydrogen-bond donors (Lipinski definition) is 1. The number of carbonyl (C=O) groups is 2. The van der Waals surface area contributed by atoms with Crippen molar-refractivity contribution in [3.05, 3.63) is 0 Å². The van der Waals surface area contributed by atoms with Crippen LogP contribution in [0.25, 0.3) is 0 Å². The Morgan fingerprint density at radius 3 is 2.41 bits per heavy atom. The maximum absolute atomic E-state index is 13.0.